The molecule has 0 spiro atoms. The summed E-state index contributed by atoms with van der Waals surface area (Å²) < 4.78 is 42.5. The molecule has 1 N–H and O–H groups in total. The Morgan fingerprint density at radius 3 is 2.61 bits per heavy atom. The first-order valence-corrected chi connectivity index (χ1v) is 13.0. The molecule has 13 heteroatoms. The molecule has 1 fully saturated rings. The molecule has 10 nitrogen and oxygen atoms in total. The molecule has 176 valence electrons. The standard InChI is InChI=1S/C20H23FN6O4S2/c1-11(2)18-25-19(26-31-18)27-6-4-12(5-7-27)15-10-23-20(32-15)24-17(28)16-14(21)8-13(9-22-16)33(3,29)30/h8-12H,4-7H2,1-3H3,(H,23,24,28). The molecule has 33 heavy (non-hydrogen) atoms. The Bertz CT molecular complexity index is 1270. The first-order valence-electron chi connectivity index (χ1n) is 10.3. The average Bonchev–Trinajstić information content (AvgIpc) is 3.43. The lowest BCUT2D eigenvalue weighted by molar-refractivity contribution is 0.101. The number of hydrogen-bond acceptors (Lipinski definition) is 10. The van der Waals surface area contributed by atoms with E-state index in [-0.39, 0.29) is 16.7 Å². The van der Waals surface area contributed by atoms with Gasteiger partial charge in [0.25, 0.3) is 11.9 Å². The average molecular weight is 495 g/mol. The van der Waals surface area contributed by atoms with Crippen LogP contribution in [0.4, 0.5) is 15.5 Å². The van der Waals surface area contributed by atoms with Crippen LogP contribution in [0.1, 0.15) is 59.8 Å². The fourth-order valence-corrected chi connectivity index (χ4v) is 4.98. The minimum atomic E-state index is -3.62. The molecule has 3 aromatic heterocycles. The van der Waals surface area contributed by atoms with Gasteiger partial charge in [0.1, 0.15) is 0 Å². The summed E-state index contributed by atoms with van der Waals surface area (Å²) in [7, 11) is -3.62. The van der Waals surface area contributed by atoms with Crippen molar-refractivity contribution >= 4 is 38.2 Å². The first-order chi connectivity index (χ1) is 15.6. The highest BCUT2D eigenvalue weighted by molar-refractivity contribution is 7.90. The van der Waals surface area contributed by atoms with Crippen molar-refractivity contribution in [2.75, 3.05) is 29.6 Å². The number of halogens is 1. The minimum Gasteiger partial charge on any atom is -0.338 e. The molecular formula is C20H23FN6O4S2. The second-order valence-electron chi connectivity index (χ2n) is 8.14. The van der Waals surface area contributed by atoms with Crippen molar-refractivity contribution in [2.45, 2.75) is 43.4 Å². The number of nitrogens with zero attached hydrogens (tertiary/aromatic N) is 5. The summed E-state index contributed by atoms with van der Waals surface area (Å²) in [5.74, 6) is -0.138. The second-order valence-corrected chi connectivity index (χ2v) is 11.2. The molecule has 0 atom stereocenters. The van der Waals surface area contributed by atoms with Gasteiger partial charge in [-0.15, -0.1) is 11.3 Å². The van der Waals surface area contributed by atoms with Crippen LogP contribution in [0.3, 0.4) is 0 Å². The molecule has 0 unspecified atom stereocenters. The summed E-state index contributed by atoms with van der Waals surface area (Å²) in [5.41, 5.74) is -0.492. The number of hydrogen-bond donors (Lipinski definition) is 1. The van der Waals surface area contributed by atoms with E-state index in [1.807, 2.05) is 13.8 Å². The number of sulfone groups is 1. The van der Waals surface area contributed by atoms with Gasteiger partial charge < -0.3 is 9.42 Å². The largest absolute Gasteiger partial charge is 0.338 e. The molecule has 1 aliphatic heterocycles. The maximum Gasteiger partial charge on any atom is 0.279 e. The number of rotatable bonds is 6. The molecule has 0 aromatic carbocycles. The Kier molecular flexibility index (Phi) is 6.43. The van der Waals surface area contributed by atoms with Crippen molar-refractivity contribution in [1.82, 2.24) is 20.1 Å². The monoisotopic (exact) mass is 494 g/mol. The van der Waals surface area contributed by atoms with Crippen molar-refractivity contribution in [3.05, 3.63) is 40.7 Å². The zero-order chi connectivity index (χ0) is 23.8. The van der Waals surface area contributed by atoms with Gasteiger partial charge in [0, 0.05) is 42.5 Å². The lowest BCUT2D eigenvalue weighted by atomic mass is 9.96. The van der Waals surface area contributed by atoms with Crippen LogP contribution in [0.15, 0.2) is 27.9 Å². The zero-order valence-electron chi connectivity index (χ0n) is 18.3. The van der Waals surface area contributed by atoms with E-state index in [4.69, 9.17) is 4.52 Å². The molecule has 1 amide bonds. The number of carbonyl (C=O) groups excluding carboxylic acids is 1. The number of anilines is 2. The van der Waals surface area contributed by atoms with Crippen LogP contribution in [0.5, 0.6) is 0 Å². The third-order valence-electron chi connectivity index (χ3n) is 5.31. The van der Waals surface area contributed by atoms with E-state index in [2.05, 4.69) is 30.3 Å². The van der Waals surface area contributed by atoms with E-state index in [0.29, 0.717) is 17.0 Å². The molecule has 0 bridgehead atoms. The third-order valence-corrected chi connectivity index (χ3v) is 7.46. The van der Waals surface area contributed by atoms with Gasteiger partial charge in [-0.05, 0) is 30.0 Å². The number of carbonyl (C=O) groups is 1. The Hall–Kier alpha value is -2.93. The Morgan fingerprint density at radius 1 is 1.27 bits per heavy atom. The lowest BCUT2D eigenvalue weighted by Gasteiger charge is -2.30. The van der Waals surface area contributed by atoms with Gasteiger partial charge >= 0.3 is 0 Å². The zero-order valence-corrected chi connectivity index (χ0v) is 19.9. The van der Waals surface area contributed by atoms with Gasteiger partial charge in [-0.1, -0.05) is 13.8 Å². The van der Waals surface area contributed by atoms with Crippen LogP contribution in [0.2, 0.25) is 0 Å². The third kappa shape index (κ3) is 5.19. The topological polar surface area (TPSA) is 131 Å². The summed E-state index contributed by atoms with van der Waals surface area (Å²) >= 11 is 1.32. The molecule has 0 saturated carbocycles. The molecule has 4 heterocycles. The summed E-state index contributed by atoms with van der Waals surface area (Å²) in [6.45, 7) is 5.53. The highest BCUT2D eigenvalue weighted by Crippen LogP contribution is 2.34. The predicted molar refractivity (Wildman–Crippen MR) is 120 cm³/mol. The molecular weight excluding hydrogens is 471 g/mol. The molecule has 4 rings (SSSR count). The summed E-state index contributed by atoms with van der Waals surface area (Å²) in [6, 6.07) is 0.784. The summed E-state index contributed by atoms with van der Waals surface area (Å²) in [5, 5.41) is 6.93. The molecule has 3 aromatic rings. The van der Waals surface area contributed by atoms with Crippen molar-refractivity contribution < 1.29 is 22.1 Å². The van der Waals surface area contributed by atoms with Gasteiger partial charge in [0.2, 0.25) is 5.89 Å². The van der Waals surface area contributed by atoms with Gasteiger partial charge in [0.05, 0.1) is 4.90 Å². The molecule has 1 saturated heterocycles. The quantitative estimate of drug-likeness (QED) is 0.548. The maximum absolute atomic E-state index is 14.2. The van der Waals surface area contributed by atoms with Crippen LogP contribution in [0, 0.1) is 5.82 Å². The van der Waals surface area contributed by atoms with Gasteiger partial charge in [-0.2, -0.15) is 4.98 Å². The smallest absolute Gasteiger partial charge is 0.279 e. The van der Waals surface area contributed by atoms with Gasteiger partial charge in [-0.25, -0.2) is 22.8 Å². The van der Waals surface area contributed by atoms with Gasteiger partial charge in [-0.3, -0.25) is 10.1 Å². The fraction of sp³-hybridized carbons (Fsp3) is 0.450. The molecule has 0 aliphatic carbocycles. The van der Waals surface area contributed by atoms with Crippen LogP contribution in [0.25, 0.3) is 0 Å². The van der Waals surface area contributed by atoms with E-state index < -0.39 is 27.3 Å². The highest BCUT2D eigenvalue weighted by atomic mass is 32.2. The lowest BCUT2D eigenvalue weighted by Crippen LogP contribution is -2.33. The minimum absolute atomic E-state index is 0.177. The SMILES string of the molecule is CC(C)c1nc(N2CCC(c3cnc(NC(=O)c4ncc(S(C)(=O)=O)cc4F)s3)CC2)no1. The van der Waals surface area contributed by atoms with E-state index >= 15 is 0 Å². The van der Waals surface area contributed by atoms with E-state index in [1.54, 1.807) is 6.20 Å². The predicted octanol–water partition coefficient (Wildman–Crippen LogP) is 3.22. The fourth-order valence-electron chi connectivity index (χ4n) is 3.43. The van der Waals surface area contributed by atoms with Crippen molar-refractivity contribution in [3.8, 4) is 0 Å². The Labute approximate surface area is 194 Å². The summed E-state index contributed by atoms with van der Waals surface area (Å²) in [4.78, 5) is 27.6. The molecule has 0 radical (unpaired) electrons. The van der Waals surface area contributed by atoms with Crippen LogP contribution < -0.4 is 10.2 Å². The van der Waals surface area contributed by atoms with Gasteiger partial charge in [0.15, 0.2) is 26.5 Å². The number of nitrogens with one attached hydrogen (secondary N) is 1. The first kappa shape index (κ1) is 23.2. The van der Waals surface area contributed by atoms with Crippen LogP contribution in [-0.2, 0) is 9.84 Å². The highest BCUT2D eigenvalue weighted by Gasteiger charge is 2.26. The van der Waals surface area contributed by atoms with Crippen molar-refractivity contribution in [2.24, 2.45) is 0 Å². The van der Waals surface area contributed by atoms with Crippen LogP contribution in [-0.4, -0.2) is 53.8 Å². The number of pyridine rings is 1. The van der Waals surface area contributed by atoms with E-state index in [1.165, 1.54) is 11.3 Å². The Balaban J connectivity index is 1.37. The van der Waals surface area contributed by atoms with Crippen molar-refractivity contribution in [1.29, 1.82) is 0 Å². The number of piperidine rings is 1. The number of aromatic nitrogens is 4. The normalized spacial score (nSPS) is 15.2. The second kappa shape index (κ2) is 9.14. The van der Waals surface area contributed by atoms with Crippen LogP contribution >= 0.6 is 11.3 Å². The number of thiazole rings is 1. The Morgan fingerprint density at radius 2 is 2.00 bits per heavy atom. The maximum atomic E-state index is 14.2. The van der Waals surface area contributed by atoms with Crippen molar-refractivity contribution in [3.63, 3.8) is 0 Å². The summed E-state index contributed by atoms with van der Waals surface area (Å²) in [6.07, 6.45) is 5.34. The van der Waals surface area contributed by atoms with E-state index in [0.717, 1.165) is 49.3 Å². The molecule has 1 aliphatic rings. The number of amides is 1. The van der Waals surface area contributed by atoms with E-state index in [9.17, 15) is 17.6 Å².